The Labute approximate surface area is 145 Å². The first kappa shape index (κ1) is 18.8. The zero-order valence-electron chi connectivity index (χ0n) is 12.3. The van der Waals surface area contributed by atoms with Crippen LogP contribution in [-0.4, -0.2) is 33.9 Å². The molecule has 6 nitrogen and oxygen atoms in total. The van der Waals surface area contributed by atoms with E-state index in [0.29, 0.717) is 14.5 Å². The molecule has 1 amide bonds. The van der Waals surface area contributed by atoms with Gasteiger partial charge in [0.2, 0.25) is 0 Å². The molecule has 1 aromatic carbocycles. The lowest BCUT2D eigenvalue weighted by molar-refractivity contribution is -0.139. The summed E-state index contributed by atoms with van der Waals surface area (Å²) in [5, 5.41) is 21.2. The average Bonchev–Trinajstić information content (AvgIpc) is 2.32. The quantitative estimate of drug-likeness (QED) is 0.669. The van der Waals surface area contributed by atoms with E-state index in [9.17, 15) is 19.8 Å². The van der Waals surface area contributed by atoms with Crippen molar-refractivity contribution < 1.29 is 24.5 Å². The maximum atomic E-state index is 11.7. The molecule has 0 aromatic heterocycles. The van der Waals surface area contributed by atoms with Gasteiger partial charge in [0.05, 0.1) is 8.95 Å². The second-order valence-electron chi connectivity index (χ2n) is 5.65. The zero-order chi connectivity index (χ0) is 17.1. The van der Waals surface area contributed by atoms with Crippen molar-refractivity contribution in [2.45, 2.75) is 38.8 Å². The van der Waals surface area contributed by atoms with Crippen LogP contribution in [0.2, 0.25) is 0 Å². The smallest absolute Gasteiger partial charge is 0.408 e. The largest absolute Gasteiger partial charge is 0.506 e. The molecule has 0 spiro atoms. The fraction of sp³-hybridized carbons (Fsp3) is 0.429. The van der Waals surface area contributed by atoms with Crippen molar-refractivity contribution in [3.63, 3.8) is 0 Å². The first-order valence-electron chi connectivity index (χ1n) is 6.39. The molecule has 1 aromatic rings. The van der Waals surface area contributed by atoms with E-state index in [1.54, 1.807) is 32.9 Å². The number of carboxylic acid groups (broad SMARTS) is 1. The van der Waals surface area contributed by atoms with Crippen LogP contribution in [0.4, 0.5) is 4.79 Å². The highest BCUT2D eigenvalue weighted by Crippen LogP contribution is 2.33. The summed E-state index contributed by atoms with van der Waals surface area (Å²) in [6, 6.07) is 2.04. The van der Waals surface area contributed by atoms with Crippen LogP contribution in [0.1, 0.15) is 26.3 Å². The molecule has 0 aliphatic rings. The molecule has 0 bridgehead atoms. The third-order valence-corrected chi connectivity index (χ3v) is 3.71. The van der Waals surface area contributed by atoms with Gasteiger partial charge in [-0.15, -0.1) is 0 Å². The molecule has 22 heavy (non-hydrogen) atoms. The predicted octanol–water partition coefficient (Wildman–Crippen LogP) is 3.44. The van der Waals surface area contributed by atoms with Crippen molar-refractivity contribution in [3.05, 3.63) is 26.6 Å². The molecule has 122 valence electrons. The third-order valence-electron chi connectivity index (χ3n) is 2.51. The fourth-order valence-electron chi connectivity index (χ4n) is 1.62. The number of amides is 1. The molecule has 3 N–H and O–H groups in total. The molecule has 0 aliphatic heterocycles. The van der Waals surface area contributed by atoms with Crippen LogP contribution in [0, 0.1) is 0 Å². The van der Waals surface area contributed by atoms with Gasteiger partial charge in [-0.2, -0.15) is 0 Å². The molecule has 0 saturated heterocycles. The summed E-state index contributed by atoms with van der Waals surface area (Å²) >= 11 is 6.35. The number of benzene rings is 1. The molecule has 0 aliphatic carbocycles. The van der Waals surface area contributed by atoms with Gasteiger partial charge >= 0.3 is 12.1 Å². The van der Waals surface area contributed by atoms with Crippen LogP contribution in [0.25, 0.3) is 0 Å². The molecule has 0 radical (unpaired) electrons. The minimum atomic E-state index is -1.17. The van der Waals surface area contributed by atoms with Gasteiger partial charge in [0.15, 0.2) is 0 Å². The number of hydrogen-bond acceptors (Lipinski definition) is 4. The second-order valence-corrected chi connectivity index (χ2v) is 7.36. The number of carbonyl (C=O) groups excluding carboxylic acids is 1. The topological polar surface area (TPSA) is 95.9 Å². The predicted molar refractivity (Wildman–Crippen MR) is 88.0 cm³/mol. The standard InChI is InChI=1S/C14H17Br2NO5/c1-14(2,3)22-13(21)17-10(12(19)20)6-7-4-8(15)11(18)9(16)5-7/h4-5,10,18H,6H2,1-3H3,(H,17,21)(H,19,20). The lowest BCUT2D eigenvalue weighted by Gasteiger charge is -2.22. The maximum absolute atomic E-state index is 11.7. The molecule has 0 saturated carbocycles. The van der Waals surface area contributed by atoms with Crippen LogP contribution >= 0.6 is 31.9 Å². The van der Waals surface area contributed by atoms with E-state index >= 15 is 0 Å². The fourth-order valence-corrected chi connectivity index (χ4v) is 2.90. The molecule has 0 heterocycles. The van der Waals surface area contributed by atoms with E-state index in [-0.39, 0.29) is 12.2 Å². The molecular formula is C14H17Br2NO5. The van der Waals surface area contributed by atoms with Crippen LogP contribution < -0.4 is 5.32 Å². The number of phenolic OH excluding ortho intramolecular Hbond substituents is 1. The second kappa shape index (κ2) is 7.32. The highest BCUT2D eigenvalue weighted by molar-refractivity contribution is 9.11. The molecule has 1 rings (SSSR count). The lowest BCUT2D eigenvalue weighted by Crippen LogP contribution is -2.44. The van der Waals surface area contributed by atoms with Crippen molar-refractivity contribution in [2.75, 3.05) is 0 Å². The van der Waals surface area contributed by atoms with E-state index in [1.807, 2.05) is 0 Å². The average molecular weight is 439 g/mol. The SMILES string of the molecule is CC(C)(C)OC(=O)NC(Cc1cc(Br)c(O)c(Br)c1)C(=O)O. The lowest BCUT2D eigenvalue weighted by atomic mass is 10.1. The Hall–Kier alpha value is -1.28. The number of hydrogen-bond donors (Lipinski definition) is 3. The van der Waals surface area contributed by atoms with Gasteiger partial charge in [0.25, 0.3) is 0 Å². The molecule has 1 unspecified atom stereocenters. The summed E-state index contributed by atoms with van der Waals surface area (Å²) in [5.41, 5.74) is -0.0856. The zero-order valence-corrected chi connectivity index (χ0v) is 15.5. The first-order valence-corrected chi connectivity index (χ1v) is 7.97. The van der Waals surface area contributed by atoms with Crippen molar-refractivity contribution in [1.82, 2.24) is 5.32 Å². The van der Waals surface area contributed by atoms with Gasteiger partial charge in [-0.1, -0.05) is 0 Å². The van der Waals surface area contributed by atoms with Crippen molar-refractivity contribution in [3.8, 4) is 5.75 Å². The van der Waals surface area contributed by atoms with Gasteiger partial charge < -0.3 is 20.3 Å². The van der Waals surface area contributed by atoms with Crippen molar-refractivity contribution >= 4 is 43.9 Å². The summed E-state index contributed by atoms with van der Waals surface area (Å²) in [6.07, 6.45) is -0.747. The highest BCUT2D eigenvalue weighted by atomic mass is 79.9. The number of aromatic hydroxyl groups is 1. The number of alkyl carbamates (subject to hydrolysis) is 1. The van der Waals surface area contributed by atoms with Gasteiger partial charge in [-0.3, -0.25) is 0 Å². The van der Waals surface area contributed by atoms with Crippen LogP contribution in [0.3, 0.4) is 0 Å². The number of nitrogens with one attached hydrogen (secondary N) is 1. The molecule has 0 fully saturated rings. The monoisotopic (exact) mass is 437 g/mol. The third kappa shape index (κ3) is 5.84. The van der Waals surface area contributed by atoms with Gasteiger partial charge in [0, 0.05) is 6.42 Å². The van der Waals surface area contributed by atoms with Crippen molar-refractivity contribution in [1.29, 1.82) is 0 Å². The summed E-state index contributed by atoms with van der Waals surface area (Å²) in [7, 11) is 0. The molecule has 1 atom stereocenters. The highest BCUT2D eigenvalue weighted by Gasteiger charge is 2.24. The van der Waals surface area contributed by atoms with Crippen molar-refractivity contribution in [2.24, 2.45) is 0 Å². The Kier molecular flexibility index (Phi) is 6.25. The Balaban J connectivity index is 2.85. The number of rotatable bonds is 4. The van der Waals surface area contributed by atoms with Crippen LogP contribution in [0.15, 0.2) is 21.1 Å². The van der Waals surface area contributed by atoms with Gasteiger partial charge in [-0.25, -0.2) is 9.59 Å². The van der Waals surface area contributed by atoms with Crippen LogP contribution in [-0.2, 0) is 16.0 Å². The maximum Gasteiger partial charge on any atom is 0.408 e. The van der Waals surface area contributed by atoms with Gasteiger partial charge in [-0.05, 0) is 70.3 Å². The Morgan fingerprint density at radius 2 is 1.77 bits per heavy atom. The summed E-state index contributed by atoms with van der Waals surface area (Å²) < 4.78 is 5.91. The number of halogens is 2. The minimum Gasteiger partial charge on any atom is -0.506 e. The number of ether oxygens (including phenoxy) is 1. The van der Waals surface area contributed by atoms with E-state index in [2.05, 4.69) is 37.2 Å². The Morgan fingerprint density at radius 1 is 1.27 bits per heavy atom. The Bertz CT molecular complexity index is 560. The van der Waals surface area contributed by atoms with E-state index in [1.165, 1.54) is 0 Å². The van der Waals surface area contributed by atoms with Crippen LogP contribution in [0.5, 0.6) is 5.75 Å². The normalized spacial score (nSPS) is 12.6. The number of phenols is 1. The van der Waals surface area contributed by atoms with E-state index in [0.717, 1.165) is 0 Å². The first-order chi connectivity index (χ1) is 9.99. The van der Waals surface area contributed by atoms with Gasteiger partial charge in [0.1, 0.15) is 17.4 Å². The molecular weight excluding hydrogens is 422 g/mol. The number of aliphatic carboxylic acids is 1. The summed E-state index contributed by atoms with van der Waals surface area (Å²) in [5.74, 6) is -1.15. The molecule has 8 heteroatoms. The summed E-state index contributed by atoms with van der Waals surface area (Å²) in [4.78, 5) is 23.0. The summed E-state index contributed by atoms with van der Waals surface area (Å²) in [6.45, 7) is 5.07. The Morgan fingerprint density at radius 3 is 2.18 bits per heavy atom. The van der Waals surface area contributed by atoms with E-state index < -0.39 is 23.7 Å². The number of carbonyl (C=O) groups is 2. The number of carboxylic acids is 1. The minimum absolute atomic E-state index is 0.0238. The van der Waals surface area contributed by atoms with E-state index in [4.69, 9.17) is 4.74 Å².